The van der Waals surface area contributed by atoms with Crippen LogP contribution in [0.25, 0.3) is 0 Å². The van der Waals surface area contributed by atoms with E-state index in [0.717, 1.165) is 11.8 Å². The maximum absolute atomic E-state index is 13.5. The van der Waals surface area contributed by atoms with Crippen molar-refractivity contribution in [3.05, 3.63) is 63.4 Å². The second kappa shape index (κ2) is 6.58. The van der Waals surface area contributed by atoms with Crippen molar-refractivity contribution in [1.29, 1.82) is 0 Å². The Morgan fingerprint density at radius 3 is 2.64 bits per heavy atom. The summed E-state index contributed by atoms with van der Waals surface area (Å²) in [4.78, 5) is 2.25. The van der Waals surface area contributed by atoms with E-state index in [4.69, 9.17) is 0 Å². The van der Waals surface area contributed by atoms with Gasteiger partial charge in [0, 0.05) is 10.0 Å². The first-order valence-electron chi connectivity index (χ1n) is 6.37. The summed E-state index contributed by atoms with van der Waals surface area (Å²) in [7, 11) is -3.79. The number of hydrazone groups is 1. The summed E-state index contributed by atoms with van der Waals surface area (Å²) in [6.45, 7) is 3.50. The number of rotatable bonds is 4. The van der Waals surface area contributed by atoms with Crippen LogP contribution in [-0.2, 0) is 10.0 Å². The molecule has 0 atom stereocenters. The second-order valence-corrected chi connectivity index (χ2v) is 7.33. The van der Waals surface area contributed by atoms with Gasteiger partial charge in [-0.1, -0.05) is 28.1 Å². The van der Waals surface area contributed by atoms with Gasteiger partial charge in [0.1, 0.15) is 5.82 Å². The minimum Gasteiger partial charge on any atom is -0.206 e. The van der Waals surface area contributed by atoms with Gasteiger partial charge in [-0.25, -0.2) is 9.22 Å². The third-order valence-corrected chi connectivity index (χ3v) is 4.83. The average molecular weight is 385 g/mol. The highest BCUT2D eigenvalue weighted by Gasteiger charge is 2.15. The summed E-state index contributed by atoms with van der Waals surface area (Å²) in [5.41, 5.74) is 1.62. The minimum absolute atomic E-state index is 0.152. The van der Waals surface area contributed by atoms with Crippen molar-refractivity contribution in [1.82, 2.24) is 4.83 Å². The molecule has 7 heteroatoms. The van der Waals surface area contributed by atoms with E-state index in [1.54, 1.807) is 32.0 Å². The zero-order valence-electron chi connectivity index (χ0n) is 12.0. The standard InChI is InChI=1S/C15H14BrFN2O2S/c1-10-3-4-11(2)15(7-10)22(20,21)19-18-9-12-8-13(16)5-6-14(12)17/h3-9,19H,1-2H3/b18-9+. The molecule has 0 spiro atoms. The van der Waals surface area contributed by atoms with Crippen LogP contribution in [-0.4, -0.2) is 14.6 Å². The monoisotopic (exact) mass is 384 g/mol. The SMILES string of the molecule is Cc1ccc(C)c(S(=O)(=O)N/N=C/c2cc(Br)ccc2F)c1. The lowest BCUT2D eigenvalue weighted by molar-refractivity contribution is 0.583. The first-order valence-corrected chi connectivity index (χ1v) is 8.64. The molecule has 2 aromatic rings. The molecule has 0 amide bonds. The van der Waals surface area contributed by atoms with E-state index in [0.29, 0.717) is 10.0 Å². The summed E-state index contributed by atoms with van der Waals surface area (Å²) in [6.07, 6.45) is 1.13. The Kier molecular flexibility index (Phi) is 4.97. The molecule has 0 unspecified atom stereocenters. The highest BCUT2D eigenvalue weighted by molar-refractivity contribution is 9.10. The second-order valence-electron chi connectivity index (χ2n) is 4.79. The van der Waals surface area contributed by atoms with E-state index in [2.05, 4.69) is 25.9 Å². The van der Waals surface area contributed by atoms with Crippen LogP contribution in [0.4, 0.5) is 4.39 Å². The van der Waals surface area contributed by atoms with E-state index in [9.17, 15) is 12.8 Å². The molecule has 0 aromatic heterocycles. The number of nitrogens with zero attached hydrogens (tertiary/aromatic N) is 1. The first-order chi connectivity index (χ1) is 10.3. The summed E-state index contributed by atoms with van der Waals surface area (Å²) in [5, 5.41) is 3.64. The lowest BCUT2D eigenvalue weighted by Crippen LogP contribution is -2.19. The summed E-state index contributed by atoms with van der Waals surface area (Å²) >= 11 is 3.21. The average Bonchev–Trinajstić information content (AvgIpc) is 2.45. The van der Waals surface area contributed by atoms with Crippen molar-refractivity contribution in [2.24, 2.45) is 5.10 Å². The largest absolute Gasteiger partial charge is 0.276 e. The van der Waals surface area contributed by atoms with Crippen LogP contribution in [0.1, 0.15) is 16.7 Å². The Bertz CT molecular complexity index is 835. The molecule has 0 fully saturated rings. The van der Waals surface area contributed by atoms with E-state index in [1.807, 2.05) is 6.07 Å². The zero-order valence-corrected chi connectivity index (χ0v) is 14.4. The van der Waals surface area contributed by atoms with Crippen molar-refractivity contribution in [3.63, 3.8) is 0 Å². The maximum atomic E-state index is 13.5. The van der Waals surface area contributed by atoms with E-state index in [1.165, 1.54) is 12.1 Å². The van der Waals surface area contributed by atoms with Crippen LogP contribution >= 0.6 is 15.9 Å². The molecule has 2 aromatic carbocycles. The highest BCUT2D eigenvalue weighted by atomic mass is 79.9. The Balaban J connectivity index is 2.24. The molecule has 0 bridgehead atoms. The lowest BCUT2D eigenvalue weighted by Gasteiger charge is -2.07. The minimum atomic E-state index is -3.79. The number of aryl methyl sites for hydroxylation is 2. The maximum Gasteiger partial charge on any atom is 0.276 e. The van der Waals surface area contributed by atoms with Crippen LogP contribution in [0.2, 0.25) is 0 Å². The predicted molar refractivity (Wildman–Crippen MR) is 87.9 cm³/mol. The predicted octanol–water partition coefficient (Wildman–Crippen LogP) is 3.52. The fourth-order valence-electron chi connectivity index (χ4n) is 1.82. The van der Waals surface area contributed by atoms with Crippen molar-refractivity contribution < 1.29 is 12.8 Å². The van der Waals surface area contributed by atoms with Gasteiger partial charge < -0.3 is 0 Å². The van der Waals surface area contributed by atoms with Gasteiger partial charge in [-0.3, -0.25) is 0 Å². The van der Waals surface area contributed by atoms with Gasteiger partial charge in [0.15, 0.2) is 0 Å². The number of nitrogens with one attached hydrogen (secondary N) is 1. The van der Waals surface area contributed by atoms with Gasteiger partial charge in [0.25, 0.3) is 10.0 Å². The Hall–Kier alpha value is -1.73. The van der Waals surface area contributed by atoms with Crippen LogP contribution < -0.4 is 4.83 Å². The van der Waals surface area contributed by atoms with E-state index < -0.39 is 15.8 Å². The molecule has 0 aliphatic rings. The van der Waals surface area contributed by atoms with Crippen LogP contribution in [0.5, 0.6) is 0 Å². The molecule has 0 radical (unpaired) electrons. The van der Waals surface area contributed by atoms with Gasteiger partial charge in [-0.15, -0.1) is 0 Å². The molecular formula is C15H14BrFN2O2S. The van der Waals surface area contributed by atoms with E-state index >= 15 is 0 Å². The quantitative estimate of drug-likeness (QED) is 0.647. The number of hydrogen-bond acceptors (Lipinski definition) is 3. The smallest absolute Gasteiger partial charge is 0.206 e. The molecule has 4 nitrogen and oxygen atoms in total. The molecule has 0 aliphatic carbocycles. The molecule has 0 saturated carbocycles. The number of halogens is 2. The Morgan fingerprint density at radius 2 is 1.91 bits per heavy atom. The number of hydrogen-bond donors (Lipinski definition) is 1. The zero-order chi connectivity index (χ0) is 16.3. The topological polar surface area (TPSA) is 58.5 Å². The Labute approximate surface area is 137 Å². The van der Waals surface area contributed by atoms with Gasteiger partial charge >= 0.3 is 0 Å². The van der Waals surface area contributed by atoms with Crippen molar-refractivity contribution in [2.75, 3.05) is 0 Å². The molecule has 116 valence electrons. The fourth-order valence-corrected chi connectivity index (χ4v) is 3.33. The van der Waals surface area contributed by atoms with Gasteiger partial charge in [-0.2, -0.15) is 13.5 Å². The molecule has 0 heterocycles. The number of benzene rings is 2. The van der Waals surface area contributed by atoms with Gasteiger partial charge in [0.05, 0.1) is 11.1 Å². The molecule has 1 N–H and O–H groups in total. The highest BCUT2D eigenvalue weighted by Crippen LogP contribution is 2.17. The molecule has 0 saturated heterocycles. The van der Waals surface area contributed by atoms with Gasteiger partial charge in [-0.05, 0) is 49.2 Å². The molecule has 0 aliphatic heterocycles. The summed E-state index contributed by atoms with van der Waals surface area (Å²) < 4.78 is 38.7. The van der Waals surface area contributed by atoms with Crippen LogP contribution in [0, 0.1) is 19.7 Å². The fraction of sp³-hybridized carbons (Fsp3) is 0.133. The van der Waals surface area contributed by atoms with Crippen molar-refractivity contribution in [3.8, 4) is 0 Å². The molecule has 22 heavy (non-hydrogen) atoms. The third-order valence-electron chi connectivity index (χ3n) is 2.97. The normalized spacial score (nSPS) is 11.8. The summed E-state index contributed by atoms with van der Waals surface area (Å²) in [6, 6.07) is 9.44. The van der Waals surface area contributed by atoms with Crippen molar-refractivity contribution in [2.45, 2.75) is 18.7 Å². The van der Waals surface area contributed by atoms with E-state index in [-0.39, 0.29) is 10.5 Å². The Morgan fingerprint density at radius 1 is 1.18 bits per heavy atom. The van der Waals surface area contributed by atoms with Gasteiger partial charge in [0.2, 0.25) is 0 Å². The molecule has 2 rings (SSSR count). The molecular weight excluding hydrogens is 371 g/mol. The van der Waals surface area contributed by atoms with Crippen LogP contribution in [0.15, 0.2) is 50.9 Å². The summed E-state index contributed by atoms with van der Waals surface area (Å²) in [5.74, 6) is -0.488. The van der Waals surface area contributed by atoms with Crippen molar-refractivity contribution >= 4 is 32.2 Å². The third kappa shape index (κ3) is 3.92. The number of sulfonamides is 1. The van der Waals surface area contributed by atoms with Crippen LogP contribution in [0.3, 0.4) is 0 Å². The lowest BCUT2D eigenvalue weighted by atomic mass is 10.2. The first kappa shape index (κ1) is 16.6.